The molecule has 2 aliphatic heterocycles. The maximum Gasteiger partial charge on any atom is 0.246 e. The van der Waals surface area contributed by atoms with Crippen LogP contribution in [-0.4, -0.2) is 65.7 Å². The van der Waals surface area contributed by atoms with E-state index < -0.39 is 22.2 Å². The van der Waals surface area contributed by atoms with E-state index in [1.807, 2.05) is 13.8 Å². The second-order valence-electron chi connectivity index (χ2n) is 9.11. The average Bonchev–Trinajstić information content (AvgIpc) is 2.75. The van der Waals surface area contributed by atoms with E-state index in [1.54, 1.807) is 42.2 Å². The number of hydrogen-bond acceptors (Lipinski definition) is 4. The van der Waals surface area contributed by atoms with Gasteiger partial charge in [0.15, 0.2) is 0 Å². The molecule has 11 heteroatoms. The molecule has 0 aliphatic carbocycles. The van der Waals surface area contributed by atoms with Gasteiger partial charge in [0.25, 0.3) is 0 Å². The van der Waals surface area contributed by atoms with E-state index in [2.05, 4.69) is 0 Å². The Morgan fingerprint density at radius 3 is 2.29 bits per heavy atom. The van der Waals surface area contributed by atoms with Gasteiger partial charge < -0.3 is 9.80 Å². The predicted octanol–water partition coefficient (Wildman–Crippen LogP) is 4.37. The van der Waals surface area contributed by atoms with E-state index in [4.69, 9.17) is 34.8 Å². The number of hydrogen-bond donors (Lipinski definition) is 0. The van der Waals surface area contributed by atoms with Crippen LogP contribution in [0.1, 0.15) is 31.4 Å². The van der Waals surface area contributed by atoms with E-state index in [1.165, 1.54) is 15.3 Å². The molecule has 2 aliphatic rings. The molecule has 2 atom stereocenters. The molecule has 7 nitrogen and oxygen atoms in total. The van der Waals surface area contributed by atoms with Crippen LogP contribution in [0.4, 0.5) is 0 Å². The van der Waals surface area contributed by atoms with Crippen LogP contribution in [0.2, 0.25) is 15.1 Å². The lowest BCUT2D eigenvalue weighted by atomic mass is 9.97. The first-order valence-electron chi connectivity index (χ1n) is 11.3. The Kier molecular flexibility index (Phi) is 7.42. The Labute approximate surface area is 220 Å². The van der Waals surface area contributed by atoms with Gasteiger partial charge >= 0.3 is 0 Å². The zero-order valence-corrected chi connectivity index (χ0v) is 22.6. The van der Waals surface area contributed by atoms with Gasteiger partial charge in [0.05, 0.1) is 11.6 Å². The quantitative estimate of drug-likeness (QED) is 0.546. The van der Waals surface area contributed by atoms with Crippen molar-refractivity contribution < 1.29 is 18.0 Å². The molecule has 0 saturated carbocycles. The van der Waals surface area contributed by atoms with Crippen molar-refractivity contribution >= 4 is 56.6 Å². The number of piperazine rings is 1. The van der Waals surface area contributed by atoms with Crippen molar-refractivity contribution in [1.29, 1.82) is 0 Å². The molecule has 2 aromatic rings. The first-order chi connectivity index (χ1) is 16.4. The third-order valence-corrected chi connectivity index (χ3v) is 9.46. The van der Waals surface area contributed by atoms with Gasteiger partial charge in [0, 0.05) is 35.5 Å². The van der Waals surface area contributed by atoms with Crippen LogP contribution in [0.15, 0.2) is 41.3 Å². The first-order valence-corrected chi connectivity index (χ1v) is 13.8. The van der Waals surface area contributed by atoms with Crippen molar-refractivity contribution in [3.05, 3.63) is 62.6 Å². The Bertz CT molecular complexity index is 1240. The van der Waals surface area contributed by atoms with Crippen LogP contribution in [0.3, 0.4) is 0 Å². The molecule has 4 rings (SSSR count). The summed E-state index contributed by atoms with van der Waals surface area (Å²) in [6.45, 7) is 5.44. The molecular formula is C24H26Cl3N3O4S. The van der Waals surface area contributed by atoms with Gasteiger partial charge in [0.1, 0.15) is 17.1 Å². The Morgan fingerprint density at radius 2 is 1.69 bits per heavy atom. The van der Waals surface area contributed by atoms with Crippen LogP contribution in [0.5, 0.6) is 0 Å². The molecule has 2 unspecified atom stereocenters. The highest BCUT2D eigenvalue weighted by Gasteiger charge is 2.51. The van der Waals surface area contributed by atoms with E-state index in [-0.39, 0.29) is 53.7 Å². The highest BCUT2D eigenvalue weighted by Crippen LogP contribution is 2.36. The molecule has 0 bridgehead atoms. The fourth-order valence-electron chi connectivity index (χ4n) is 4.83. The van der Waals surface area contributed by atoms with Crippen LogP contribution in [0, 0.1) is 6.92 Å². The average molecular weight is 559 g/mol. The number of amides is 2. The third-order valence-electron chi connectivity index (χ3n) is 6.48. The van der Waals surface area contributed by atoms with Gasteiger partial charge in [0.2, 0.25) is 21.8 Å². The first kappa shape index (κ1) is 26.2. The van der Waals surface area contributed by atoms with Crippen molar-refractivity contribution in [3.63, 3.8) is 0 Å². The minimum Gasteiger partial charge on any atom is -0.335 e. The van der Waals surface area contributed by atoms with E-state index >= 15 is 0 Å². The smallest absolute Gasteiger partial charge is 0.246 e. The number of benzene rings is 2. The van der Waals surface area contributed by atoms with Gasteiger partial charge in [-0.3, -0.25) is 9.59 Å². The number of rotatable bonds is 5. The standard InChI is InChI=1S/C24H26Cl3N3O4S/c1-14(2)28-13-21-29(35(33,34)23-15(3)10-18(26)12-19(23)27)9-8-22(31)30(21)20(24(28)32)11-16-4-6-17(25)7-5-16/h4-7,10,12,14,20-21H,8-9,11,13H2,1-3H3. The number of sulfonamides is 1. The van der Waals surface area contributed by atoms with E-state index in [9.17, 15) is 18.0 Å². The zero-order chi connectivity index (χ0) is 25.7. The summed E-state index contributed by atoms with van der Waals surface area (Å²) in [5, 5.41) is 0.912. The molecule has 2 heterocycles. The molecule has 2 amide bonds. The molecule has 0 radical (unpaired) electrons. The topological polar surface area (TPSA) is 78.0 Å². The third kappa shape index (κ3) is 4.91. The summed E-state index contributed by atoms with van der Waals surface area (Å²) in [6, 6.07) is 8.97. The maximum atomic E-state index is 13.9. The molecule has 2 aromatic carbocycles. The van der Waals surface area contributed by atoms with Crippen LogP contribution in [0.25, 0.3) is 0 Å². The zero-order valence-electron chi connectivity index (χ0n) is 19.5. The number of carbonyl (C=O) groups is 2. The molecule has 2 fully saturated rings. The minimum atomic E-state index is -4.11. The van der Waals surface area contributed by atoms with E-state index in [0.29, 0.717) is 15.6 Å². The highest BCUT2D eigenvalue weighted by molar-refractivity contribution is 7.89. The molecule has 35 heavy (non-hydrogen) atoms. The van der Waals surface area contributed by atoms with Crippen molar-refractivity contribution in [3.8, 4) is 0 Å². The number of nitrogens with zero attached hydrogens (tertiary/aromatic N) is 3. The second kappa shape index (κ2) is 9.90. The van der Waals surface area contributed by atoms with Crippen molar-refractivity contribution in [1.82, 2.24) is 14.1 Å². The minimum absolute atomic E-state index is 0.00544. The Hall–Kier alpha value is -1.84. The van der Waals surface area contributed by atoms with Crippen molar-refractivity contribution in [2.24, 2.45) is 0 Å². The van der Waals surface area contributed by atoms with E-state index in [0.717, 1.165) is 5.56 Å². The fraction of sp³-hybridized carbons (Fsp3) is 0.417. The summed E-state index contributed by atoms with van der Waals surface area (Å²) in [5.41, 5.74) is 1.23. The lowest BCUT2D eigenvalue weighted by Crippen LogP contribution is -2.72. The van der Waals surface area contributed by atoms with Crippen molar-refractivity contribution in [2.75, 3.05) is 13.1 Å². The number of fused-ring (bicyclic) bond motifs is 1. The normalized spacial score (nSPS) is 21.6. The van der Waals surface area contributed by atoms with Crippen LogP contribution in [-0.2, 0) is 26.0 Å². The molecule has 0 spiro atoms. The Balaban J connectivity index is 1.79. The summed E-state index contributed by atoms with van der Waals surface area (Å²) in [6.07, 6.45) is -0.646. The Morgan fingerprint density at radius 1 is 1.03 bits per heavy atom. The largest absolute Gasteiger partial charge is 0.335 e. The molecular weight excluding hydrogens is 533 g/mol. The SMILES string of the molecule is Cc1cc(Cl)cc(Cl)c1S(=O)(=O)N1CCC(=O)N2C(Cc3ccc(Cl)cc3)C(=O)N(C(C)C)CC21. The highest BCUT2D eigenvalue weighted by atomic mass is 35.5. The van der Waals surface area contributed by atoms with Crippen molar-refractivity contribution in [2.45, 2.75) is 56.8 Å². The molecule has 0 aromatic heterocycles. The van der Waals surface area contributed by atoms with Gasteiger partial charge in [-0.1, -0.05) is 46.9 Å². The molecule has 0 N–H and O–H groups in total. The number of halogens is 3. The maximum absolute atomic E-state index is 13.9. The van der Waals surface area contributed by atoms with Crippen LogP contribution < -0.4 is 0 Å². The van der Waals surface area contributed by atoms with Crippen LogP contribution >= 0.6 is 34.8 Å². The summed E-state index contributed by atoms with van der Waals surface area (Å²) in [7, 11) is -4.11. The lowest BCUT2D eigenvalue weighted by molar-refractivity contribution is -0.166. The molecule has 188 valence electrons. The fourth-order valence-corrected chi connectivity index (χ4v) is 7.67. The number of aryl methyl sites for hydroxylation is 1. The predicted molar refractivity (Wildman–Crippen MR) is 136 cm³/mol. The second-order valence-corrected chi connectivity index (χ2v) is 12.2. The summed E-state index contributed by atoms with van der Waals surface area (Å²) >= 11 is 18.4. The number of carbonyl (C=O) groups excluding carboxylic acids is 2. The van der Waals surface area contributed by atoms with Gasteiger partial charge in [-0.2, -0.15) is 4.31 Å². The van der Waals surface area contributed by atoms with Gasteiger partial charge in [-0.25, -0.2) is 8.42 Å². The summed E-state index contributed by atoms with van der Waals surface area (Å²) in [4.78, 5) is 29.7. The summed E-state index contributed by atoms with van der Waals surface area (Å²) < 4.78 is 29.1. The van der Waals surface area contributed by atoms with Gasteiger partial charge in [-0.05, 0) is 56.2 Å². The molecule has 2 saturated heterocycles. The summed E-state index contributed by atoms with van der Waals surface area (Å²) in [5.74, 6) is -0.462. The lowest BCUT2D eigenvalue weighted by Gasteiger charge is -2.52. The van der Waals surface area contributed by atoms with Gasteiger partial charge in [-0.15, -0.1) is 0 Å². The monoisotopic (exact) mass is 557 g/mol.